The van der Waals surface area contributed by atoms with Gasteiger partial charge in [0.25, 0.3) is 7.82 Å². The van der Waals surface area contributed by atoms with Crippen molar-refractivity contribution < 1.29 is 37.5 Å². The molecule has 0 spiro atoms. The molecular formula is C17H31B2NO8P-. The first-order valence-electron chi connectivity index (χ1n) is 9.92. The van der Waals surface area contributed by atoms with Gasteiger partial charge in [-0.3, -0.25) is 4.57 Å². The smallest absolute Gasteiger partial charge is 0.268 e. The summed E-state index contributed by atoms with van der Waals surface area (Å²) in [5, 5.41) is 0. The van der Waals surface area contributed by atoms with Crippen LogP contribution in [0.3, 0.4) is 0 Å². The van der Waals surface area contributed by atoms with Crippen molar-refractivity contribution in [3.05, 3.63) is 0 Å². The van der Waals surface area contributed by atoms with Gasteiger partial charge in [0, 0.05) is 18.6 Å². The average Bonchev–Trinajstić information content (AvgIpc) is 3.09. The van der Waals surface area contributed by atoms with E-state index >= 15 is 0 Å². The summed E-state index contributed by atoms with van der Waals surface area (Å²) < 4.78 is 45.4. The Bertz CT molecular complexity index is 572. The molecule has 2 aliphatic heterocycles. The second-order valence-electron chi connectivity index (χ2n) is 8.03. The average molecular weight is 430 g/mol. The number of hydrogen-bond acceptors (Lipinski definition) is 9. The van der Waals surface area contributed by atoms with Crippen LogP contribution in [-0.2, 0) is 32.6 Å². The summed E-state index contributed by atoms with van der Waals surface area (Å²) in [7, 11) is 6.94. The topological polar surface area (TPSA) is 122 Å². The van der Waals surface area contributed by atoms with Crippen LogP contribution in [0.2, 0.25) is 0 Å². The third-order valence-corrected chi connectivity index (χ3v) is 5.73. The van der Waals surface area contributed by atoms with E-state index in [-0.39, 0.29) is 44.5 Å². The van der Waals surface area contributed by atoms with E-state index in [4.69, 9.17) is 49.4 Å². The normalized spacial score (nSPS) is 37.4. The van der Waals surface area contributed by atoms with Crippen LogP contribution in [-0.4, -0.2) is 83.6 Å². The third-order valence-electron chi connectivity index (χ3n) is 4.75. The van der Waals surface area contributed by atoms with Gasteiger partial charge in [-0.05, 0) is 40.5 Å². The lowest BCUT2D eigenvalue weighted by Crippen LogP contribution is -2.52. The molecule has 2 aliphatic rings. The van der Waals surface area contributed by atoms with E-state index in [0.717, 1.165) is 0 Å². The van der Waals surface area contributed by atoms with Crippen molar-refractivity contribution >= 4 is 23.5 Å². The van der Waals surface area contributed by atoms with E-state index in [1.165, 1.54) is 0 Å². The lowest BCUT2D eigenvalue weighted by atomic mass is 9.92. The molecule has 7 unspecified atom stereocenters. The number of rotatable bonds is 11. The van der Waals surface area contributed by atoms with Crippen LogP contribution in [0.4, 0.5) is 0 Å². The molecule has 0 saturated carbocycles. The van der Waals surface area contributed by atoms with E-state index in [0.29, 0.717) is 6.42 Å². The minimum Gasteiger partial charge on any atom is -0.756 e. The summed E-state index contributed by atoms with van der Waals surface area (Å²) in [4.78, 5) is 12.5. The maximum absolute atomic E-state index is 12.5. The molecule has 2 fully saturated rings. The molecule has 9 nitrogen and oxygen atoms in total. The maximum Gasteiger partial charge on any atom is 0.268 e. The number of hydrogen-bond donors (Lipinski definition) is 1. The number of phosphoric acid groups is 1. The summed E-state index contributed by atoms with van der Waals surface area (Å²) >= 11 is 0. The molecule has 2 N–H and O–H groups in total. The summed E-state index contributed by atoms with van der Waals surface area (Å²) in [6, 6.07) is -1.27. The molecule has 164 valence electrons. The van der Waals surface area contributed by atoms with Gasteiger partial charge in [0.2, 0.25) is 0 Å². The fourth-order valence-electron chi connectivity index (χ4n) is 3.40. The Kier molecular flexibility index (Phi) is 9.22. The van der Waals surface area contributed by atoms with Crippen molar-refractivity contribution in [1.29, 1.82) is 0 Å². The minimum absolute atomic E-state index is 0.0248. The summed E-state index contributed by atoms with van der Waals surface area (Å²) in [6.45, 7) is 7.19. The molecular weight excluding hydrogens is 399 g/mol. The van der Waals surface area contributed by atoms with Crippen molar-refractivity contribution in [2.45, 2.75) is 88.7 Å². The first-order chi connectivity index (χ1) is 13.5. The first kappa shape index (κ1) is 25.3. The monoisotopic (exact) mass is 430 g/mol. The third kappa shape index (κ3) is 7.30. The lowest BCUT2D eigenvalue weighted by molar-refractivity contribution is -0.238. The Balaban J connectivity index is 1.98. The van der Waals surface area contributed by atoms with Crippen molar-refractivity contribution in [3.63, 3.8) is 0 Å². The van der Waals surface area contributed by atoms with Crippen LogP contribution in [0.5, 0.6) is 0 Å². The van der Waals surface area contributed by atoms with Crippen LogP contribution in [0, 0.1) is 0 Å². The Morgan fingerprint density at radius 1 is 1.21 bits per heavy atom. The van der Waals surface area contributed by atoms with Crippen molar-refractivity contribution in [1.82, 2.24) is 0 Å². The molecule has 0 aromatic rings. The zero-order chi connectivity index (χ0) is 21.8. The number of ether oxygens (including phenoxy) is 4. The fourth-order valence-corrected chi connectivity index (χ4v) is 4.38. The molecule has 0 bridgehead atoms. The van der Waals surface area contributed by atoms with E-state index < -0.39 is 37.6 Å². The van der Waals surface area contributed by atoms with E-state index in [9.17, 15) is 9.46 Å². The summed E-state index contributed by atoms with van der Waals surface area (Å²) in [6.07, 6.45) is -1.49. The number of phosphoric ester groups is 1. The molecule has 4 radical (unpaired) electrons. The molecule has 0 aromatic carbocycles. The standard InChI is InChI=1S/C17H32B2NO8P/c1-10(2)23-9-17(8-20)14(6-16(19)27-17)28-29(21,22)24-7-13-12(25-11(3)4)5-15(18)26-13/h10-16H,5-9,20H2,1-4H3,(H,21,22)/p-1. The van der Waals surface area contributed by atoms with Crippen LogP contribution in [0.25, 0.3) is 0 Å². The molecule has 7 atom stereocenters. The van der Waals surface area contributed by atoms with Gasteiger partial charge in [-0.2, -0.15) is 0 Å². The SMILES string of the molecule is [B]C1CC(OC(C)C)C(COP(=O)([O-])OC2CC([B])OC2(CN)COC(C)C)O1. The predicted octanol–water partition coefficient (Wildman–Crippen LogP) is -0.0289. The minimum atomic E-state index is -4.71. The highest BCUT2D eigenvalue weighted by atomic mass is 31.2. The molecule has 29 heavy (non-hydrogen) atoms. The Morgan fingerprint density at radius 2 is 1.90 bits per heavy atom. The van der Waals surface area contributed by atoms with Gasteiger partial charge in [-0.25, -0.2) is 0 Å². The highest BCUT2D eigenvalue weighted by molar-refractivity contribution is 7.45. The van der Waals surface area contributed by atoms with Crippen molar-refractivity contribution in [2.75, 3.05) is 19.8 Å². The first-order valence-corrected chi connectivity index (χ1v) is 11.4. The maximum atomic E-state index is 12.5. The van der Waals surface area contributed by atoms with Gasteiger partial charge < -0.3 is 38.6 Å². The van der Waals surface area contributed by atoms with Crippen LogP contribution in [0.15, 0.2) is 0 Å². The van der Waals surface area contributed by atoms with Crippen LogP contribution in [0.1, 0.15) is 40.5 Å². The zero-order valence-electron chi connectivity index (χ0n) is 17.5. The highest BCUT2D eigenvalue weighted by Gasteiger charge is 2.49. The molecule has 2 heterocycles. The van der Waals surface area contributed by atoms with Gasteiger partial charge in [0.05, 0.1) is 31.5 Å². The Morgan fingerprint density at radius 3 is 2.48 bits per heavy atom. The zero-order valence-corrected chi connectivity index (χ0v) is 18.4. The van der Waals surface area contributed by atoms with Crippen LogP contribution < -0.4 is 10.6 Å². The molecule has 2 rings (SSSR count). The Hall–Kier alpha value is 0.0399. The fraction of sp³-hybridized carbons (Fsp3) is 1.00. The van der Waals surface area contributed by atoms with Gasteiger partial charge in [0.1, 0.15) is 33.5 Å². The molecule has 0 amide bonds. The van der Waals surface area contributed by atoms with Gasteiger partial charge in [-0.15, -0.1) is 0 Å². The molecule has 12 heteroatoms. The van der Waals surface area contributed by atoms with E-state index in [1.807, 2.05) is 27.7 Å². The predicted molar refractivity (Wildman–Crippen MR) is 106 cm³/mol. The van der Waals surface area contributed by atoms with Gasteiger partial charge in [0.15, 0.2) is 0 Å². The largest absolute Gasteiger partial charge is 0.756 e. The summed E-state index contributed by atoms with van der Waals surface area (Å²) in [5.74, 6) is 0. The van der Waals surface area contributed by atoms with E-state index in [2.05, 4.69) is 0 Å². The van der Waals surface area contributed by atoms with Crippen molar-refractivity contribution in [2.24, 2.45) is 5.73 Å². The van der Waals surface area contributed by atoms with Crippen LogP contribution >= 0.6 is 7.82 Å². The van der Waals surface area contributed by atoms with Gasteiger partial charge >= 0.3 is 0 Å². The van der Waals surface area contributed by atoms with Crippen molar-refractivity contribution in [3.8, 4) is 0 Å². The second-order valence-corrected chi connectivity index (χ2v) is 9.39. The Labute approximate surface area is 175 Å². The van der Waals surface area contributed by atoms with Gasteiger partial charge in [-0.1, -0.05) is 0 Å². The quantitative estimate of drug-likeness (QED) is 0.356. The molecule has 2 saturated heterocycles. The lowest BCUT2D eigenvalue weighted by Gasteiger charge is -2.37. The van der Waals surface area contributed by atoms with E-state index in [1.54, 1.807) is 0 Å². The summed E-state index contributed by atoms with van der Waals surface area (Å²) in [5.41, 5.74) is 4.68. The molecule has 0 aromatic heterocycles. The molecule has 0 aliphatic carbocycles. The highest BCUT2D eigenvalue weighted by Crippen LogP contribution is 2.46. The number of nitrogens with two attached hydrogens (primary N) is 1. The second kappa shape index (κ2) is 10.6.